The van der Waals surface area contributed by atoms with Crippen molar-refractivity contribution >= 4 is 17.5 Å². The van der Waals surface area contributed by atoms with Gasteiger partial charge in [-0.05, 0) is 42.8 Å². The predicted octanol–water partition coefficient (Wildman–Crippen LogP) is 3.84. The molecule has 2 aromatic carbocycles. The highest BCUT2D eigenvalue weighted by Crippen LogP contribution is 2.37. The van der Waals surface area contributed by atoms with Gasteiger partial charge in [-0.25, -0.2) is 8.78 Å². The lowest BCUT2D eigenvalue weighted by Crippen LogP contribution is -2.45. The number of anilines is 1. The van der Waals surface area contributed by atoms with Gasteiger partial charge in [0, 0.05) is 41.9 Å². The maximum atomic E-state index is 15.3. The third-order valence-electron chi connectivity index (χ3n) is 7.19. The van der Waals surface area contributed by atoms with Crippen LogP contribution in [0.15, 0.2) is 53.5 Å². The number of aryl methyl sites for hydroxylation is 1. The first-order valence-electron chi connectivity index (χ1n) is 12.7. The van der Waals surface area contributed by atoms with Gasteiger partial charge >= 0.3 is 6.36 Å². The van der Waals surface area contributed by atoms with Crippen molar-refractivity contribution < 1.29 is 45.8 Å². The number of hydrogen-bond donors (Lipinski definition) is 1. The van der Waals surface area contributed by atoms with Gasteiger partial charge in [0.2, 0.25) is 5.91 Å². The van der Waals surface area contributed by atoms with Gasteiger partial charge in [-0.1, -0.05) is 0 Å². The number of nitrogens with zero attached hydrogens (tertiary/aromatic N) is 2. The lowest BCUT2D eigenvalue weighted by molar-refractivity contribution is -0.274. The van der Waals surface area contributed by atoms with Crippen LogP contribution in [-0.4, -0.2) is 55.7 Å². The Morgan fingerprint density at radius 3 is 2.21 bits per heavy atom. The van der Waals surface area contributed by atoms with Crippen LogP contribution in [-0.2, 0) is 9.53 Å². The Balaban J connectivity index is 1.52. The minimum Gasteiger partial charge on any atom is -0.497 e. The van der Waals surface area contributed by atoms with Gasteiger partial charge in [0.15, 0.2) is 0 Å². The predicted molar refractivity (Wildman–Crippen MR) is 138 cm³/mol. The first kappa shape index (κ1) is 29.0. The van der Waals surface area contributed by atoms with E-state index in [2.05, 4.69) is 10.1 Å². The molecule has 2 saturated heterocycles. The molecule has 0 unspecified atom stereocenters. The second-order valence-electron chi connectivity index (χ2n) is 9.83. The summed E-state index contributed by atoms with van der Waals surface area (Å²) in [6.45, 7) is 1.84. The fourth-order valence-corrected chi connectivity index (χ4v) is 5.05. The van der Waals surface area contributed by atoms with E-state index in [4.69, 9.17) is 9.47 Å². The molecular formula is C28H24F5N3O6. The Morgan fingerprint density at radius 2 is 1.67 bits per heavy atom. The number of carbonyl (C=O) groups excluding carboxylic acids is 2. The molecule has 0 aliphatic carbocycles. The van der Waals surface area contributed by atoms with Gasteiger partial charge in [0.1, 0.15) is 34.9 Å². The number of benzene rings is 2. The van der Waals surface area contributed by atoms with Crippen molar-refractivity contribution in [3.8, 4) is 11.5 Å². The van der Waals surface area contributed by atoms with Crippen LogP contribution in [0.4, 0.5) is 27.6 Å². The van der Waals surface area contributed by atoms with Crippen molar-refractivity contribution in [2.75, 3.05) is 31.8 Å². The second kappa shape index (κ2) is 11.1. The molecule has 1 N–H and O–H groups in total. The quantitative estimate of drug-likeness (QED) is 0.418. The fourth-order valence-electron chi connectivity index (χ4n) is 5.05. The number of ether oxygens (including phenoxy) is 3. The largest absolute Gasteiger partial charge is 0.573 e. The molecule has 9 nitrogen and oxygen atoms in total. The summed E-state index contributed by atoms with van der Waals surface area (Å²) in [6.07, 6.45) is -3.37. The number of halogens is 5. The third-order valence-corrected chi connectivity index (χ3v) is 7.19. The van der Waals surface area contributed by atoms with Crippen LogP contribution in [0.2, 0.25) is 0 Å². The molecule has 0 bridgehead atoms. The van der Waals surface area contributed by atoms with Crippen LogP contribution in [0.3, 0.4) is 0 Å². The highest BCUT2D eigenvalue weighted by molar-refractivity contribution is 6.05. The summed E-state index contributed by atoms with van der Waals surface area (Å²) < 4.78 is 83.4. The number of rotatable bonds is 7. The maximum absolute atomic E-state index is 15.3. The highest BCUT2D eigenvalue weighted by atomic mass is 19.4. The Hall–Kier alpha value is -4.46. The molecule has 222 valence electrons. The van der Waals surface area contributed by atoms with E-state index in [9.17, 15) is 27.6 Å². The maximum Gasteiger partial charge on any atom is 0.573 e. The molecular weight excluding hydrogens is 569 g/mol. The van der Waals surface area contributed by atoms with Crippen LogP contribution in [0.5, 0.6) is 11.5 Å². The number of methoxy groups -OCH3 is 1. The summed E-state index contributed by atoms with van der Waals surface area (Å²) in [4.78, 5) is 41.5. The van der Waals surface area contributed by atoms with Crippen LogP contribution in [0.1, 0.15) is 33.4 Å². The molecule has 2 aliphatic heterocycles. The van der Waals surface area contributed by atoms with E-state index in [1.54, 1.807) is 19.2 Å². The van der Waals surface area contributed by atoms with Gasteiger partial charge in [-0.15, -0.1) is 13.2 Å². The van der Waals surface area contributed by atoms with Gasteiger partial charge in [-0.3, -0.25) is 14.4 Å². The zero-order valence-corrected chi connectivity index (χ0v) is 22.2. The van der Waals surface area contributed by atoms with Gasteiger partial charge in [-0.2, -0.15) is 0 Å². The summed E-state index contributed by atoms with van der Waals surface area (Å²) in [7, 11) is 1.22. The second-order valence-corrected chi connectivity index (χ2v) is 9.83. The topological polar surface area (TPSA) is 99.1 Å². The number of aromatic nitrogens is 1. The molecule has 42 heavy (non-hydrogen) atoms. The lowest BCUT2D eigenvalue weighted by atomic mass is 9.92. The van der Waals surface area contributed by atoms with E-state index >= 15 is 8.78 Å². The molecule has 1 aromatic heterocycles. The van der Waals surface area contributed by atoms with Gasteiger partial charge in [0.05, 0.1) is 26.4 Å². The molecule has 2 aliphatic rings. The average Bonchev–Trinajstić information content (AvgIpc) is 3.18. The number of amides is 2. The van der Waals surface area contributed by atoms with Crippen LogP contribution >= 0.6 is 0 Å². The molecule has 2 amide bonds. The normalized spacial score (nSPS) is 19.0. The molecule has 3 heterocycles. The van der Waals surface area contributed by atoms with Crippen molar-refractivity contribution in [1.82, 2.24) is 9.88 Å². The first-order valence-corrected chi connectivity index (χ1v) is 12.7. The summed E-state index contributed by atoms with van der Waals surface area (Å²) in [5.74, 6) is -5.75. The SMILES string of the molecule is COc1cc(F)c([C@@H]2CN(c3c(C)ccn(C4COC4)c3=O)C(=O)[C@H]2NC(=O)c2ccc(OC(F)(F)F)cc2)c(F)c1. The van der Waals surface area contributed by atoms with Crippen LogP contribution < -0.4 is 25.2 Å². The van der Waals surface area contributed by atoms with E-state index in [0.717, 1.165) is 41.3 Å². The van der Waals surface area contributed by atoms with E-state index in [1.165, 1.54) is 11.7 Å². The minimum absolute atomic E-state index is 0.0147. The van der Waals surface area contributed by atoms with Gasteiger partial charge in [0.25, 0.3) is 11.5 Å². The van der Waals surface area contributed by atoms with E-state index in [1.807, 2.05) is 0 Å². The van der Waals surface area contributed by atoms with Gasteiger partial charge < -0.3 is 29.0 Å². The summed E-state index contributed by atoms with van der Waals surface area (Å²) in [5, 5.41) is 2.46. The third kappa shape index (κ3) is 5.53. The minimum atomic E-state index is -4.94. The standard InChI is InChI=1S/C28H24F5N3O6/c1-14-7-8-35(16-12-41-13-16)27(39)24(14)36-11-19(22-20(29)9-18(40-2)10-21(22)30)23(26(36)38)34-25(37)15-3-5-17(6-4-15)42-28(31,32)33/h3-10,16,19,23H,11-13H2,1-2H3,(H,34,37)/t19-,23-/m0/s1. The summed E-state index contributed by atoms with van der Waals surface area (Å²) >= 11 is 0. The Morgan fingerprint density at radius 1 is 1.02 bits per heavy atom. The summed E-state index contributed by atoms with van der Waals surface area (Å²) in [5.41, 5.74) is -0.760. The monoisotopic (exact) mass is 593 g/mol. The number of nitrogens with one attached hydrogen (secondary N) is 1. The smallest absolute Gasteiger partial charge is 0.497 e. The van der Waals surface area contributed by atoms with Crippen molar-refractivity contribution in [3.63, 3.8) is 0 Å². The van der Waals surface area contributed by atoms with E-state index in [-0.39, 0.29) is 29.6 Å². The molecule has 5 rings (SSSR count). The molecule has 14 heteroatoms. The number of pyridine rings is 1. The Labute approximate surface area is 235 Å². The zero-order valence-electron chi connectivity index (χ0n) is 22.2. The number of hydrogen-bond acceptors (Lipinski definition) is 6. The summed E-state index contributed by atoms with van der Waals surface area (Å²) in [6, 6.07) is 5.60. The number of alkyl halides is 3. The first-order chi connectivity index (χ1) is 19.9. The lowest BCUT2D eigenvalue weighted by Gasteiger charge is -2.29. The van der Waals surface area contributed by atoms with Crippen molar-refractivity contribution in [1.29, 1.82) is 0 Å². The molecule has 3 aromatic rings. The molecule has 0 radical (unpaired) electrons. The zero-order chi connectivity index (χ0) is 30.3. The van der Waals surface area contributed by atoms with E-state index < -0.39 is 58.6 Å². The molecule has 2 atom stereocenters. The molecule has 0 spiro atoms. The fraction of sp³-hybridized carbons (Fsp3) is 0.321. The number of carbonyl (C=O) groups is 2. The van der Waals surface area contributed by atoms with Crippen LogP contribution in [0, 0.1) is 18.6 Å². The Bertz CT molecular complexity index is 1560. The molecule has 0 saturated carbocycles. The Kier molecular flexibility index (Phi) is 7.66. The highest BCUT2D eigenvalue weighted by Gasteiger charge is 2.46. The average molecular weight is 594 g/mol. The van der Waals surface area contributed by atoms with Crippen LogP contribution in [0.25, 0.3) is 0 Å². The molecule has 2 fully saturated rings. The van der Waals surface area contributed by atoms with Crippen molar-refractivity contribution in [2.45, 2.75) is 31.3 Å². The van der Waals surface area contributed by atoms with E-state index in [0.29, 0.717) is 18.8 Å². The van der Waals surface area contributed by atoms with Crippen molar-refractivity contribution in [2.24, 2.45) is 0 Å². The van der Waals surface area contributed by atoms with Crippen molar-refractivity contribution in [3.05, 3.63) is 87.3 Å².